The Bertz CT molecular complexity index is 285. The fraction of sp³-hybridized carbons (Fsp3) is 0.333. The first-order valence-electron chi connectivity index (χ1n) is 5.02. The van der Waals surface area contributed by atoms with Crippen LogP contribution in [0.1, 0.15) is 12.0 Å². The van der Waals surface area contributed by atoms with E-state index < -0.39 is 0 Å². The van der Waals surface area contributed by atoms with Crippen molar-refractivity contribution in [3.8, 4) is 0 Å². The molecular weight excluding hydrogens is 190 g/mol. The van der Waals surface area contributed by atoms with Crippen molar-refractivity contribution in [2.45, 2.75) is 13.0 Å². The van der Waals surface area contributed by atoms with E-state index in [-0.39, 0.29) is 12.5 Å². The lowest BCUT2D eigenvalue weighted by Crippen LogP contribution is -2.25. The van der Waals surface area contributed by atoms with Crippen LogP contribution < -0.4 is 5.32 Å². The fourth-order valence-corrected chi connectivity index (χ4v) is 1.10. The number of carbonyl (C=O) groups is 1. The fourth-order valence-electron chi connectivity index (χ4n) is 1.10. The molecule has 0 atom stereocenters. The van der Waals surface area contributed by atoms with Gasteiger partial charge in [0.15, 0.2) is 0 Å². The van der Waals surface area contributed by atoms with E-state index >= 15 is 0 Å². The van der Waals surface area contributed by atoms with Crippen LogP contribution in [0.3, 0.4) is 0 Å². The van der Waals surface area contributed by atoms with Crippen LogP contribution in [0.15, 0.2) is 30.3 Å². The summed E-state index contributed by atoms with van der Waals surface area (Å²) in [6.07, 6.45) is 0.770. The largest absolute Gasteiger partial charge is 0.460 e. The smallest absolute Gasteiger partial charge is 0.320 e. The van der Waals surface area contributed by atoms with Crippen LogP contribution in [0.5, 0.6) is 0 Å². The standard InChI is InChI=1S/C12H16NO2/c1-2-8-13-9-12(14)15-10-11-6-4-3-5-7-11/h3-7,13H,1-2,8-10H2. The molecule has 0 bridgehead atoms. The average Bonchev–Trinajstić information content (AvgIpc) is 2.28. The minimum atomic E-state index is -0.229. The van der Waals surface area contributed by atoms with Crippen LogP contribution in [0.2, 0.25) is 0 Å². The van der Waals surface area contributed by atoms with Crippen LogP contribution in [-0.2, 0) is 16.1 Å². The zero-order chi connectivity index (χ0) is 10.9. The molecule has 0 heterocycles. The Morgan fingerprint density at radius 1 is 1.33 bits per heavy atom. The molecule has 3 heteroatoms. The number of esters is 1. The molecule has 0 spiro atoms. The third-order valence-corrected chi connectivity index (χ3v) is 1.87. The highest BCUT2D eigenvalue weighted by atomic mass is 16.5. The highest BCUT2D eigenvalue weighted by Gasteiger charge is 2.01. The van der Waals surface area contributed by atoms with Crippen molar-refractivity contribution in [3.05, 3.63) is 42.8 Å². The molecule has 0 aliphatic rings. The predicted octanol–water partition coefficient (Wildman–Crippen LogP) is 1.54. The molecule has 1 aromatic carbocycles. The first kappa shape index (κ1) is 11.7. The molecule has 0 amide bonds. The molecular formula is C12H16NO2. The maximum Gasteiger partial charge on any atom is 0.320 e. The molecule has 1 aromatic rings. The van der Waals surface area contributed by atoms with E-state index in [4.69, 9.17) is 4.74 Å². The molecule has 0 saturated carbocycles. The maximum absolute atomic E-state index is 11.2. The van der Waals surface area contributed by atoms with Gasteiger partial charge in [-0.2, -0.15) is 0 Å². The summed E-state index contributed by atoms with van der Waals surface area (Å²) < 4.78 is 5.05. The number of hydrogen-bond donors (Lipinski definition) is 1. The Kier molecular flexibility index (Phi) is 5.48. The van der Waals surface area contributed by atoms with Gasteiger partial charge in [-0.15, -0.1) is 0 Å². The summed E-state index contributed by atoms with van der Waals surface area (Å²) in [6.45, 7) is 4.99. The first-order valence-corrected chi connectivity index (χ1v) is 5.02. The Labute approximate surface area is 90.4 Å². The molecule has 1 N–H and O–H groups in total. The zero-order valence-corrected chi connectivity index (χ0v) is 8.74. The monoisotopic (exact) mass is 206 g/mol. The number of hydrogen-bond acceptors (Lipinski definition) is 3. The molecule has 0 aromatic heterocycles. The van der Waals surface area contributed by atoms with Crippen molar-refractivity contribution in [2.24, 2.45) is 0 Å². The normalized spacial score (nSPS) is 9.93. The van der Waals surface area contributed by atoms with Gasteiger partial charge in [-0.3, -0.25) is 4.79 Å². The second-order valence-electron chi connectivity index (χ2n) is 3.18. The molecule has 0 unspecified atom stereocenters. The maximum atomic E-state index is 11.2. The van der Waals surface area contributed by atoms with Gasteiger partial charge < -0.3 is 10.1 Å². The van der Waals surface area contributed by atoms with Crippen molar-refractivity contribution in [1.82, 2.24) is 5.32 Å². The van der Waals surface area contributed by atoms with Gasteiger partial charge in [0.05, 0.1) is 6.54 Å². The van der Waals surface area contributed by atoms with Crippen LogP contribution in [-0.4, -0.2) is 19.1 Å². The molecule has 1 radical (unpaired) electrons. The quantitative estimate of drug-likeness (QED) is 0.567. The van der Waals surface area contributed by atoms with Crippen molar-refractivity contribution in [3.63, 3.8) is 0 Å². The summed E-state index contributed by atoms with van der Waals surface area (Å²) in [7, 11) is 0. The second-order valence-corrected chi connectivity index (χ2v) is 3.18. The summed E-state index contributed by atoms with van der Waals surface area (Å²) in [5.74, 6) is -0.229. The van der Waals surface area contributed by atoms with Crippen LogP contribution >= 0.6 is 0 Å². The summed E-state index contributed by atoms with van der Waals surface area (Å²) in [5.41, 5.74) is 1.00. The van der Waals surface area contributed by atoms with Crippen molar-refractivity contribution < 1.29 is 9.53 Å². The van der Waals surface area contributed by atoms with Gasteiger partial charge in [0, 0.05) is 0 Å². The highest BCUT2D eigenvalue weighted by molar-refractivity contribution is 5.71. The van der Waals surface area contributed by atoms with E-state index in [1.54, 1.807) is 0 Å². The van der Waals surface area contributed by atoms with E-state index in [9.17, 15) is 4.79 Å². The van der Waals surface area contributed by atoms with Gasteiger partial charge in [-0.05, 0) is 18.5 Å². The number of carbonyl (C=O) groups excluding carboxylic acids is 1. The number of rotatable bonds is 6. The minimum Gasteiger partial charge on any atom is -0.460 e. The number of nitrogens with one attached hydrogen (secondary N) is 1. The van der Waals surface area contributed by atoms with E-state index in [0.29, 0.717) is 6.61 Å². The molecule has 0 saturated heterocycles. The lowest BCUT2D eigenvalue weighted by atomic mass is 10.2. The Morgan fingerprint density at radius 2 is 2.07 bits per heavy atom. The number of ether oxygens (including phenoxy) is 1. The lowest BCUT2D eigenvalue weighted by molar-refractivity contribution is -0.143. The van der Waals surface area contributed by atoms with Gasteiger partial charge in [-0.25, -0.2) is 0 Å². The topological polar surface area (TPSA) is 38.3 Å². The highest BCUT2D eigenvalue weighted by Crippen LogP contribution is 2.00. The van der Waals surface area contributed by atoms with Gasteiger partial charge in [0.2, 0.25) is 0 Å². The van der Waals surface area contributed by atoms with Crippen molar-refractivity contribution in [2.75, 3.05) is 13.1 Å². The summed E-state index contributed by atoms with van der Waals surface area (Å²) >= 11 is 0. The van der Waals surface area contributed by atoms with Crippen molar-refractivity contribution >= 4 is 5.97 Å². The SMILES string of the molecule is [CH2]CCNCC(=O)OCc1ccccc1. The van der Waals surface area contributed by atoms with Crippen molar-refractivity contribution in [1.29, 1.82) is 0 Å². The van der Waals surface area contributed by atoms with E-state index in [0.717, 1.165) is 18.5 Å². The Hall–Kier alpha value is -1.35. The molecule has 0 fully saturated rings. The summed E-state index contributed by atoms with van der Waals surface area (Å²) in [6, 6.07) is 9.63. The van der Waals surface area contributed by atoms with Gasteiger partial charge in [0.1, 0.15) is 6.61 Å². The third kappa shape index (κ3) is 5.18. The van der Waals surface area contributed by atoms with Gasteiger partial charge in [-0.1, -0.05) is 37.3 Å². The molecule has 3 nitrogen and oxygen atoms in total. The minimum absolute atomic E-state index is 0.229. The first-order chi connectivity index (χ1) is 7.33. The van der Waals surface area contributed by atoms with E-state index in [1.165, 1.54) is 0 Å². The third-order valence-electron chi connectivity index (χ3n) is 1.87. The summed E-state index contributed by atoms with van der Waals surface area (Å²) in [4.78, 5) is 11.2. The predicted molar refractivity (Wildman–Crippen MR) is 59.1 cm³/mol. The Morgan fingerprint density at radius 3 is 2.73 bits per heavy atom. The molecule has 15 heavy (non-hydrogen) atoms. The molecule has 1 rings (SSSR count). The molecule has 81 valence electrons. The molecule has 0 aliphatic carbocycles. The lowest BCUT2D eigenvalue weighted by Gasteiger charge is -2.05. The van der Waals surface area contributed by atoms with Crippen LogP contribution in [0.25, 0.3) is 0 Å². The van der Waals surface area contributed by atoms with E-state index in [1.807, 2.05) is 30.3 Å². The number of benzene rings is 1. The van der Waals surface area contributed by atoms with E-state index in [2.05, 4.69) is 12.2 Å². The second kappa shape index (κ2) is 7.01. The average molecular weight is 206 g/mol. The summed E-state index contributed by atoms with van der Waals surface area (Å²) in [5, 5.41) is 2.93. The molecule has 0 aliphatic heterocycles. The zero-order valence-electron chi connectivity index (χ0n) is 8.74. The van der Waals surface area contributed by atoms with Gasteiger partial charge >= 0.3 is 5.97 Å². The Balaban J connectivity index is 2.17. The van der Waals surface area contributed by atoms with Gasteiger partial charge in [0.25, 0.3) is 0 Å². The van der Waals surface area contributed by atoms with Crippen LogP contribution in [0, 0.1) is 6.92 Å². The van der Waals surface area contributed by atoms with Crippen LogP contribution in [0.4, 0.5) is 0 Å².